The van der Waals surface area contributed by atoms with Crippen LogP contribution in [0.3, 0.4) is 0 Å². The van der Waals surface area contributed by atoms with E-state index in [2.05, 4.69) is 10.2 Å². The number of hydrogen-bond acceptors (Lipinski definition) is 4. The quantitative estimate of drug-likeness (QED) is 0.805. The van der Waals surface area contributed by atoms with Crippen molar-refractivity contribution < 1.29 is 14.4 Å². The Balaban J connectivity index is 1.88. The number of hydrogen-bond donors (Lipinski definition) is 2. The maximum absolute atomic E-state index is 12.9. The third kappa shape index (κ3) is 2.94. The van der Waals surface area contributed by atoms with E-state index in [4.69, 9.17) is 5.73 Å². The van der Waals surface area contributed by atoms with Crippen LogP contribution in [-0.2, 0) is 9.59 Å². The molecule has 1 saturated heterocycles. The van der Waals surface area contributed by atoms with Crippen LogP contribution in [0.2, 0.25) is 0 Å². The molecule has 0 spiro atoms. The van der Waals surface area contributed by atoms with Crippen molar-refractivity contribution in [1.82, 2.24) is 20.0 Å². The van der Waals surface area contributed by atoms with Crippen LogP contribution < -0.4 is 5.73 Å². The molecule has 24 heavy (non-hydrogen) atoms. The van der Waals surface area contributed by atoms with E-state index in [1.807, 2.05) is 24.3 Å². The maximum Gasteiger partial charge on any atom is 0.275 e. The van der Waals surface area contributed by atoms with Gasteiger partial charge in [-0.2, -0.15) is 5.10 Å². The molecule has 8 nitrogen and oxygen atoms in total. The highest BCUT2D eigenvalue weighted by atomic mass is 16.2. The summed E-state index contributed by atoms with van der Waals surface area (Å²) >= 11 is 0. The Labute approximate surface area is 138 Å². The first-order valence-corrected chi connectivity index (χ1v) is 7.74. The van der Waals surface area contributed by atoms with Crippen LogP contribution in [0, 0.1) is 5.92 Å². The van der Waals surface area contributed by atoms with Gasteiger partial charge in [0, 0.05) is 38.5 Å². The molecular formula is C16H19N5O3. The number of amides is 3. The summed E-state index contributed by atoms with van der Waals surface area (Å²) in [7, 11) is 0. The topological polar surface area (TPSA) is 112 Å². The lowest BCUT2D eigenvalue weighted by Gasteiger charge is -2.21. The van der Waals surface area contributed by atoms with Crippen molar-refractivity contribution in [2.45, 2.75) is 6.92 Å². The third-order valence-electron chi connectivity index (χ3n) is 4.33. The molecule has 0 aliphatic carbocycles. The number of rotatable bonds is 2. The Bertz CT molecular complexity index is 800. The van der Waals surface area contributed by atoms with Gasteiger partial charge >= 0.3 is 0 Å². The molecule has 8 heteroatoms. The van der Waals surface area contributed by atoms with Gasteiger partial charge in [-0.05, 0) is 6.07 Å². The Morgan fingerprint density at radius 1 is 1.17 bits per heavy atom. The molecule has 1 aromatic heterocycles. The predicted octanol–water partition coefficient (Wildman–Crippen LogP) is -0.0313. The minimum atomic E-state index is -0.592. The summed E-state index contributed by atoms with van der Waals surface area (Å²) in [5, 5.41) is 7.67. The number of H-pyrrole nitrogens is 1. The molecule has 1 fully saturated rings. The summed E-state index contributed by atoms with van der Waals surface area (Å²) in [5.74, 6) is -1.52. The van der Waals surface area contributed by atoms with Crippen molar-refractivity contribution in [2.24, 2.45) is 11.7 Å². The number of aromatic amines is 1. The molecule has 0 unspecified atom stereocenters. The number of para-hydroxylation sites is 1. The standard InChI is InChI=1S/C16H19N5O3/c1-10(22)20-6-7-21(9-11(8-20)15(17)23)16(24)14-12-4-2-3-5-13(12)18-19-14/h2-5,11H,6-9H2,1H3,(H2,17,23)(H,18,19)/t11-/m1/s1. The summed E-state index contributed by atoms with van der Waals surface area (Å²) < 4.78 is 0. The molecule has 1 aromatic carbocycles. The fourth-order valence-electron chi connectivity index (χ4n) is 2.94. The highest BCUT2D eigenvalue weighted by molar-refractivity contribution is 6.04. The summed E-state index contributed by atoms with van der Waals surface area (Å²) in [5.41, 5.74) is 6.52. The predicted molar refractivity (Wildman–Crippen MR) is 86.9 cm³/mol. The molecule has 3 amide bonds. The first-order chi connectivity index (χ1) is 11.5. The second kappa shape index (κ2) is 6.31. The highest BCUT2D eigenvalue weighted by Gasteiger charge is 2.31. The summed E-state index contributed by atoms with van der Waals surface area (Å²) in [6.07, 6.45) is 0. The first-order valence-electron chi connectivity index (χ1n) is 7.74. The van der Waals surface area contributed by atoms with Crippen LogP contribution in [0.15, 0.2) is 24.3 Å². The molecule has 1 atom stereocenters. The number of aromatic nitrogens is 2. The van der Waals surface area contributed by atoms with Crippen molar-refractivity contribution in [3.05, 3.63) is 30.0 Å². The molecule has 0 bridgehead atoms. The van der Waals surface area contributed by atoms with Crippen molar-refractivity contribution in [1.29, 1.82) is 0 Å². The molecule has 2 aromatic rings. The molecule has 1 aliphatic heterocycles. The van der Waals surface area contributed by atoms with Gasteiger partial charge in [-0.15, -0.1) is 0 Å². The fourth-order valence-corrected chi connectivity index (χ4v) is 2.94. The van der Waals surface area contributed by atoms with E-state index in [1.54, 1.807) is 9.80 Å². The van der Waals surface area contributed by atoms with Gasteiger partial charge in [-0.1, -0.05) is 18.2 Å². The van der Waals surface area contributed by atoms with E-state index < -0.39 is 11.8 Å². The first kappa shape index (κ1) is 16.0. The third-order valence-corrected chi connectivity index (χ3v) is 4.33. The van der Waals surface area contributed by atoms with Gasteiger partial charge in [0.1, 0.15) is 0 Å². The minimum absolute atomic E-state index is 0.138. The van der Waals surface area contributed by atoms with E-state index >= 15 is 0 Å². The van der Waals surface area contributed by atoms with E-state index in [0.29, 0.717) is 18.8 Å². The largest absolute Gasteiger partial charge is 0.369 e. The summed E-state index contributed by atoms with van der Waals surface area (Å²) in [6, 6.07) is 7.35. The Kier molecular flexibility index (Phi) is 4.20. The highest BCUT2D eigenvalue weighted by Crippen LogP contribution is 2.19. The number of nitrogens with zero attached hydrogens (tertiary/aromatic N) is 3. The lowest BCUT2D eigenvalue weighted by atomic mass is 10.1. The Morgan fingerprint density at radius 3 is 2.54 bits per heavy atom. The zero-order valence-corrected chi connectivity index (χ0v) is 13.4. The number of fused-ring (bicyclic) bond motifs is 1. The van der Waals surface area contributed by atoms with Crippen LogP contribution in [0.4, 0.5) is 0 Å². The molecule has 0 radical (unpaired) electrons. The van der Waals surface area contributed by atoms with Crippen LogP contribution >= 0.6 is 0 Å². The summed E-state index contributed by atoms with van der Waals surface area (Å²) in [4.78, 5) is 39.3. The SMILES string of the molecule is CC(=O)N1CCN(C(=O)c2n[nH]c3ccccc23)C[C@H](C(N)=O)C1. The molecular weight excluding hydrogens is 310 g/mol. The van der Waals surface area contributed by atoms with Gasteiger partial charge in [0.2, 0.25) is 11.8 Å². The number of benzene rings is 1. The second-order valence-electron chi connectivity index (χ2n) is 5.93. The lowest BCUT2D eigenvalue weighted by molar-refractivity contribution is -0.130. The van der Waals surface area contributed by atoms with Crippen LogP contribution in [-0.4, -0.2) is 63.9 Å². The van der Waals surface area contributed by atoms with Crippen molar-refractivity contribution in [3.63, 3.8) is 0 Å². The molecule has 3 rings (SSSR count). The van der Waals surface area contributed by atoms with Gasteiger partial charge in [-0.25, -0.2) is 0 Å². The van der Waals surface area contributed by atoms with Crippen molar-refractivity contribution in [3.8, 4) is 0 Å². The van der Waals surface area contributed by atoms with Crippen LogP contribution in [0.25, 0.3) is 10.9 Å². The van der Waals surface area contributed by atoms with Crippen molar-refractivity contribution >= 4 is 28.6 Å². The normalized spacial score (nSPS) is 18.5. The summed E-state index contributed by atoms with van der Waals surface area (Å²) in [6.45, 7) is 2.56. The van der Waals surface area contributed by atoms with Gasteiger partial charge in [-0.3, -0.25) is 19.5 Å². The average molecular weight is 329 g/mol. The van der Waals surface area contributed by atoms with E-state index in [-0.39, 0.29) is 24.9 Å². The van der Waals surface area contributed by atoms with Crippen LogP contribution in [0.1, 0.15) is 17.4 Å². The van der Waals surface area contributed by atoms with Crippen molar-refractivity contribution in [2.75, 3.05) is 26.2 Å². The Morgan fingerprint density at radius 2 is 1.83 bits per heavy atom. The zero-order chi connectivity index (χ0) is 17.3. The number of nitrogens with two attached hydrogens (primary N) is 1. The smallest absolute Gasteiger partial charge is 0.275 e. The number of carbonyl (C=O) groups is 3. The number of carbonyl (C=O) groups excluding carboxylic acids is 3. The molecule has 1 aliphatic rings. The fraction of sp³-hybridized carbons (Fsp3) is 0.375. The van der Waals surface area contributed by atoms with Gasteiger partial charge in [0.25, 0.3) is 5.91 Å². The van der Waals surface area contributed by atoms with Crippen LogP contribution in [0.5, 0.6) is 0 Å². The van der Waals surface area contributed by atoms with E-state index in [0.717, 1.165) is 10.9 Å². The maximum atomic E-state index is 12.9. The molecule has 126 valence electrons. The monoisotopic (exact) mass is 329 g/mol. The molecule has 0 saturated carbocycles. The van der Waals surface area contributed by atoms with Gasteiger partial charge < -0.3 is 15.5 Å². The minimum Gasteiger partial charge on any atom is -0.369 e. The zero-order valence-electron chi connectivity index (χ0n) is 13.4. The average Bonchev–Trinajstić information content (AvgIpc) is 2.84. The van der Waals surface area contributed by atoms with Gasteiger partial charge in [0.05, 0.1) is 11.4 Å². The molecule has 3 N–H and O–H groups in total. The lowest BCUT2D eigenvalue weighted by Crippen LogP contribution is -2.41. The Hall–Kier alpha value is -2.90. The number of nitrogens with one attached hydrogen (secondary N) is 1. The second-order valence-corrected chi connectivity index (χ2v) is 5.93. The molecule has 2 heterocycles. The number of primary amides is 1. The van der Waals surface area contributed by atoms with Gasteiger partial charge in [0.15, 0.2) is 5.69 Å². The van der Waals surface area contributed by atoms with E-state index in [9.17, 15) is 14.4 Å². The van der Waals surface area contributed by atoms with E-state index in [1.165, 1.54) is 6.92 Å².